The molecule has 4 rings (SSSR count). The molecule has 9 atom stereocenters. The molecule has 0 aliphatic heterocycles. The third-order valence-electron chi connectivity index (χ3n) is 11.9. The molecular weight excluding hydrogens is 380 g/mol. The zero-order valence-electron chi connectivity index (χ0n) is 21.5. The summed E-state index contributed by atoms with van der Waals surface area (Å²) in [5, 5.41) is 20.6. The zero-order chi connectivity index (χ0) is 22.6. The van der Waals surface area contributed by atoms with Gasteiger partial charge in [-0.05, 0) is 110 Å². The van der Waals surface area contributed by atoms with E-state index >= 15 is 0 Å². The maximum absolute atomic E-state index is 10.3. The van der Waals surface area contributed by atoms with Crippen LogP contribution in [0.25, 0.3) is 0 Å². The average molecular weight is 433 g/mol. The molecule has 0 amide bonds. The summed E-state index contributed by atoms with van der Waals surface area (Å²) in [5.41, 5.74) is 0.893. The highest BCUT2D eigenvalue weighted by Crippen LogP contribution is 2.68. The summed E-state index contributed by atoms with van der Waals surface area (Å²) in [6.07, 6.45) is 14.7. The van der Waals surface area contributed by atoms with Crippen LogP contribution in [0.1, 0.15) is 119 Å². The minimum Gasteiger partial charge on any atom is -0.366 e. The summed E-state index contributed by atoms with van der Waals surface area (Å²) in [6.45, 7) is 15.0. The summed E-state index contributed by atoms with van der Waals surface area (Å²) < 4.78 is 0. The molecule has 6 unspecified atom stereocenters. The molecule has 0 saturated heterocycles. The van der Waals surface area contributed by atoms with E-state index in [2.05, 4.69) is 41.5 Å². The van der Waals surface area contributed by atoms with Crippen LogP contribution in [0.4, 0.5) is 0 Å². The predicted octanol–water partition coefficient (Wildman–Crippen LogP) is 7.42. The first-order valence-electron chi connectivity index (χ1n) is 14.0. The van der Waals surface area contributed by atoms with E-state index in [4.69, 9.17) is 0 Å². The van der Waals surface area contributed by atoms with Crippen molar-refractivity contribution in [1.29, 1.82) is 0 Å². The lowest BCUT2D eigenvalue weighted by Gasteiger charge is -2.61. The van der Waals surface area contributed by atoms with Gasteiger partial charge in [0.1, 0.15) is 0 Å². The predicted molar refractivity (Wildman–Crippen MR) is 129 cm³/mol. The molecule has 4 aliphatic carbocycles. The highest BCUT2D eigenvalue weighted by atomic mass is 16.5. The fourth-order valence-electron chi connectivity index (χ4n) is 9.89. The first-order chi connectivity index (χ1) is 14.5. The molecule has 4 aliphatic rings. The molecule has 0 heterocycles. The third kappa shape index (κ3) is 4.16. The van der Waals surface area contributed by atoms with Crippen LogP contribution < -0.4 is 0 Å². The van der Waals surface area contributed by atoms with Gasteiger partial charge in [-0.3, -0.25) is 0 Å². The summed E-state index contributed by atoms with van der Waals surface area (Å²) in [7, 11) is 0. The topological polar surface area (TPSA) is 40.5 Å². The van der Waals surface area contributed by atoms with Gasteiger partial charge < -0.3 is 10.2 Å². The van der Waals surface area contributed by atoms with Crippen LogP contribution in [0.15, 0.2) is 0 Å². The summed E-state index contributed by atoms with van der Waals surface area (Å²) in [4.78, 5) is 0. The van der Waals surface area contributed by atoms with E-state index in [1.807, 2.05) is 0 Å². The fraction of sp³-hybridized carbons (Fsp3) is 1.00. The van der Waals surface area contributed by atoms with Crippen LogP contribution in [0, 0.1) is 58.2 Å². The van der Waals surface area contributed by atoms with Crippen LogP contribution in [0.5, 0.6) is 0 Å². The standard InChI is InChI=1S/C29H52O2/c1-7-21(19(2)3)9-8-20(4)24-12-13-25-23-11-10-22-18-29(30,31)17-16-27(22,5)26(23)14-15-28(24,25)6/h19-26,30-31H,7-18H2,1-6H3/t20?,21?,22-,23?,24?,25?,26?,27-,28+/m0/s1. The van der Waals surface area contributed by atoms with Gasteiger partial charge in [0.25, 0.3) is 0 Å². The van der Waals surface area contributed by atoms with E-state index < -0.39 is 5.79 Å². The van der Waals surface area contributed by atoms with Gasteiger partial charge in [-0.2, -0.15) is 0 Å². The lowest BCUT2D eigenvalue weighted by Crippen LogP contribution is -2.56. The van der Waals surface area contributed by atoms with E-state index in [1.165, 1.54) is 57.8 Å². The van der Waals surface area contributed by atoms with Crippen molar-refractivity contribution < 1.29 is 10.2 Å². The van der Waals surface area contributed by atoms with Gasteiger partial charge in [-0.25, -0.2) is 0 Å². The van der Waals surface area contributed by atoms with Gasteiger partial charge >= 0.3 is 0 Å². The molecule has 0 bridgehead atoms. The monoisotopic (exact) mass is 432 g/mol. The Kier molecular flexibility index (Phi) is 6.68. The molecule has 4 saturated carbocycles. The molecule has 0 spiro atoms. The Morgan fingerprint density at radius 1 is 0.806 bits per heavy atom. The van der Waals surface area contributed by atoms with Crippen molar-refractivity contribution in [2.45, 2.75) is 124 Å². The molecule has 0 aromatic heterocycles. The van der Waals surface area contributed by atoms with Gasteiger partial charge in [-0.15, -0.1) is 0 Å². The van der Waals surface area contributed by atoms with Gasteiger partial charge in [0.05, 0.1) is 0 Å². The highest BCUT2D eigenvalue weighted by molar-refractivity contribution is 5.10. The van der Waals surface area contributed by atoms with Gasteiger partial charge in [-0.1, -0.05) is 54.4 Å². The molecule has 2 heteroatoms. The van der Waals surface area contributed by atoms with Crippen molar-refractivity contribution >= 4 is 0 Å². The number of hydrogen-bond acceptors (Lipinski definition) is 2. The maximum Gasteiger partial charge on any atom is 0.162 e. The molecule has 2 N–H and O–H groups in total. The average Bonchev–Trinajstić information content (AvgIpc) is 3.06. The Morgan fingerprint density at radius 2 is 1.52 bits per heavy atom. The Hall–Kier alpha value is -0.0800. The summed E-state index contributed by atoms with van der Waals surface area (Å²) in [6, 6.07) is 0. The zero-order valence-corrected chi connectivity index (χ0v) is 21.5. The minimum atomic E-state index is -1.40. The highest BCUT2D eigenvalue weighted by Gasteiger charge is 2.61. The lowest BCUT2D eigenvalue weighted by atomic mass is 9.44. The van der Waals surface area contributed by atoms with E-state index in [-0.39, 0.29) is 0 Å². The molecule has 4 fully saturated rings. The molecular formula is C29H52O2. The Labute approximate surface area is 193 Å². The second-order valence-electron chi connectivity index (χ2n) is 13.5. The van der Waals surface area contributed by atoms with Gasteiger partial charge in [0.2, 0.25) is 0 Å². The smallest absolute Gasteiger partial charge is 0.162 e. The fourth-order valence-corrected chi connectivity index (χ4v) is 9.89. The first-order valence-corrected chi connectivity index (χ1v) is 14.0. The first kappa shape index (κ1) is 24.1. The van der Waals surface area contributed by atoms with Crippen LogP contribution in [-0.2, 0) is 0 Å². The number of aliphatic hydroxyl groups is 2. The van der Waals surface area contributed by atoms with Gasteiger partial charge in [0.15, 0.2) is 5.79 Å². The quantitative estimate of drug-likeness (QED) is 0.429. The second kappa shape index (κ2) is 8.61. The van der Waals surface area contributed by atoms with Crippen LogP contribution in [-0.4, -0.2) is 16.0 Å². The second-order valence-corrected chi connectivity index (χ2v) is 13.5. The third-order valence-corrected chi connectivity index (χ3v) is 11.9. The van der Waals surface area contributed by atoms with E-state index in [1.54, 1.807) is 0 Å². The van der Waals surface area contributed by atoms with Crippen molar-refractivity contribution in [3.05, 3.63) is 0 Å². The summed E-state index contributed by atoms with van der Waals surface area (Å²) in [5.74, 6) is 5.24. The van der Waals surface area contributed by atoms with Crippen LogP contribution in [0.3, 0.4) is 0 Å². The van der Waals surface area contributed by atoms with E-state index in [0.29, 0.717) is 29.6 Å². The lowest BCUT2D eigenvalue weighted by molar-refractivity contribution is -0.233. The van der Waals surface area contributed by atoms with Crippen molar-refractivity contribution in [1.82, 2.24) is 0 Å². The van der Waals surface area contributed by atoms with Crippen LogP contribution in [0.2, 0.25) is 0 Å². The van der Waals surface area contributed by atoms with Crippen LogP contribution >= 0.6 is 0 Å². The minimum absolute atomic E-state index is 0.342. The largest absolute Gasteiger partial charge is 0.366 e. The van der Waals surface area contributed by atoms with Crippen molar-refractivity contribution in [3.8, 4) is 0 Å². The number of fused-ring (bicyclic) bond motifs is 5. The Balaban J connectivity index is 1.45. The molecule has 180 valence electrons. The maximum atomic E-state index is 10.3. The van der Waals surface area contributed by atoms with Gasteiger partial charge in [0, 0.05) is 12.8 Å². The van der Waals surface area contributed by atoms with Crippen molar-refractivity contribution in [2.24, 2.45) is 58.2 Å². The molecule has 31 heavy (non-hydrogen) atoms. The van der Waals surface area contributed by atoms with Crippen molar-refractivity contribution in [2.75, 3.05) is 0 Å². The normalized spacial score (nSPS) is 46.2. The van der Waals surface area contributed by atoms with Crippen molar-refractivity contribution in [3.63, 3.8) is 0 Å². The van der Waals surface area contributed by atoms with E-state index in [9.17, 15) is 10.2 Å². The summed E-state index contributed by atoms with van der Waals surface area (Å²) >= 11 is 0. The Bertz CT molecular complexity index is 626. The molecule has 0 aromatic rings. The Morgan fingerprint density at radius 3 is 2.19 bits per heavy atom. The number of hydrogen-bond donors (Lipinski definition) is 2. The SMILES string of the molecule is CCC(CCC(C)C1CCC2C3CC[C@H]4CC(O)(O)CC[C@]4(C)C3CC[C@]12C)C(C)C. The van der Waals surface area contributed by atoms with E-state index in [0.717, 1.165) is 47.8 Å². The molecule has 0 aromatic carbocycles. The molecule has 0 radical (unpaired) electrons. The molecule has 2 nitrogen and oxygen atoms in total. The number of rotatable bonds is 6.